The predicted molar refractivity (Wildman–Crippen MR) is 254 cm³/mol. The number of benzene rings is 8. The number of phenolic OH excluding ortho intramolecular Hbond substituents is 1. The number of furan rings is 1. The number of hydrogen-bond donors (Lipinski definition) is 1. The summed E-state index contributed by atoms with van der Waals surface area (Å²) in [6, 6.07) is 68.9. The van der Waals surface area contributed by atoms with Crippen molar-refractivity contribution in [3.63, 3.8) is 0 Å². The number of fused-ring (bicyclic) bond motifs is 4. The van der Waals surface area contributed by atoms with Crippen LogP contribution >= 0.6 is 0 Å². The molecule has 0 spiro atoms. The molecule has 0 fully saturated rings. The molecule has 0 radical (unpaired) electrons. The van der Waals surface area contributed by atoms with Crippen molar-refractivity contribution in [2.24, 2.45) is 0 Å². The third-order valence-electron chi connectivity index (χ3n) is 12.3. The summed E-state index contributed by atoms with van der Waals surface area (Å²) in [5.74, 6) is 0.829. The van der Waals surface area contributed by atoms with Crippen LogP contribution in [-0.4, -0.2) is 19.6 Å². The van der Waals surface area contributed by atoms with Crippen LogP contribution in [0.2, 0.25) is 0 Å². The van der Waals surface area contributed by atoms with Gasteiger partial charge in [-0.25, -0.2) is 4.98 Å². The highest BCUT2D eigenvalue weighted by atomic mass is 16.3. The molecule has 1 N–H and O–H groups in total. The smallest absolute Gasteiger partial charge is 0.161 e. The van der Waals surface area contributed by atoms with Crippen LogP contribution in [-0.2, 0) is 5.41 Å². The van der Waals surface area contributed by atoms with Crippen LogP contribution in [0.5, 0.6) is 5.75 Å². The topological polar surface area (TPSA) is 64.1 Å². The summed E-state index contributed by atoms with van der Waals surface area (Å²) < 4.78 is 8.73. The van der Waals surface area contributed by atoms with Gasteiger partial charge in [-0.15, -0.1) is 0 Å². The summed E-state index contributed by atoms with van der Waals surface area (Å²) in [5.41, 5.74) is 14.6. The van der Waals surface area contributed by atoms with Crippen molar-refractivity contribution < 1.29 is 9.52 Å². The fourth-order valence-electron chi connectivity index (χ4n) is 8.98. The Morgan fingerprint density at radius 3 is 1.95 bits per heavy atom. The van der Waals surface area contributed by atoms with E-state index < -0.39 is 0 Å². The minimum absolute atomic E-state index is 0.181. The standard InChI is InChI=1S/C57H41N3O2/c1-57(2,42-20-8-4-9-21-42)43-22-14-19-38(36-43)39-33-40(35-41(34-39)52-55-48(31-32-58-52)47-25-12-13-30-51(47)62-55)45-26-16-29-50-53(45)59-56(60(50)44-23-10-5-11-24-44)49-28-15-27-46(54(49)61)37-17-6-3-7-18-37/h3-36,61H,1-2H3. The van der Waals surface area contributed by atoms with Gasteiger partial charge in [-0.3, -0.25) is 9.55 Å². The summed E-state index contributed by atoms with van der Waals surface area (Å²) in [5, 5.41) is 14.1. The van der Waals surface area contributed by atoms with Crippen LogP contribution in [0.25, 0.3) is 94.7 Å². The minimum atomic E-state index is -0.227. The van der Waals surface area contributed by atoms with Gasteiger partial charge in [0.2, 0.25) is 0 Å². The quantitative estimate of drug-likeness (QED) is 0.166. The molecule has 3 heterocycles. The van der Waals surface area contributed by atoms with Gasteiger partial charge in [0.25, 0.3) is 0 Å². The maximum Gasteiger partial charge on any atom is 0.161 e. The van der Waals surface area contributed by atoms with Crippen molar-refractivity contribution in [2.75, 3.05) is 0 Å². The lowest BCUT2D eigenvalue weighted by atomic mass is 9.77. The molecule has 5 nitrogen and oxygen atoms in total. The first-order valence-corrected chi connectivity index (χ1v) is 21.0. The van der Waals surface area contributed by atoms with Gasteiger partial charge >= 0.3 is 0 Å². The van der Waals surface area contributed by atoms with Crippen molar-refractivity contribution in [1.29, 1.82) is 0 Å². The zero-order chi connectivity index (χ0) is 41.8. The van der Waals surface area contributed by atoms with E-state index in [2.05, 4.69) is 128 Å². The van der Waals surface area contributed by atoms with Crippen LogP contribution in [0.1, 0.15) is 25.0 Å². The van der Waals surface area contributed by atoms with E-state index in [9.17, 15) is 5.11 Å². The van der Waals surface area contributed by atoms with Crippen molar-refractivity contribution >= 4 is 33.0 Å². The second-order valence-electron chi connectivity index (χ2n) is 16.4. The Bertz CT molecular complexity index is 3440. The summed E-state index contributed by atoms with van der Waals surface area (Å²) in [7, 11) is 0. The number of pyridine rings is 1. The SMILES string of the molecule is CC(C)(c1ccccc1)c1cccc(-c2cc(-c3cccc4c3nc(-c3cccc(-c5ccccc5)c3O)n4-c3ccccc3)cc(-c3nccc4c3oc3ccccc34)c2)c1. The molecular formula is C57H41N3O2. The summed E-state index contributed by atoms with van der Waals surface area (Å²) >= 11 is 0. The zero-order valence-corrected chi connectivity index (χ0v) is 34.3. The molecule has 0 aliphatic heterocycles. The first-order valence-electron chi connectivity index (χ1n) is 21.0. The maximum absolute atomic E-state index is 12.0. The van der Waals surface area contributed by atoms with Gasteiger partial charge in [-0.1, -0.05) is 159 Å². The van der Waals surface area contributed by atoms with Crippen LogP contribution < -0.4 is 0 Å². The fourth-order valence-corrected chi connectivity index (χ4v) is 8.98. The van der Waals surface area contributed by atoms with E-state index in [0.29, 0.717) is 11.4 Å². The van der Waals surface area contributed by atoms with Crippen molar-refractivity contribution in [2.45, 2.75) is 19.3 Å². The molecule has 0 saturated heterocycles. The Labute approximate surface area is 359 Å². The Morgan fingerprint density at radius 1 is 0.500 bits per heavy atom. The molecule has 3 aromatic heterocycles. The highest BCUT2D eigenvalue weighted by molar-refractivity contribution is 6.09. The van der Waals surface area contributed by atoms with Crippen molar-refractivity contribution in [3.8, 4) is 67.5 Å². The minimum Gasteiger partial charge on any atom is -0.507 e. The molecule has 0 bridgehead atoms. The second-order valence-corrected chi connectivity index (χ2v) is 16.4. The van der Waals surface area contributed by atoms with Crippen LogP contribution in [0.4, 0.5) is 0 Å². The third-order valence-corrected chi connectivity index (χ3v) is 12.3. The summed E-state index contributed by atoms with van der Waals surface area (Å²) in [6.45, 7) is 4.56. The Kier molecular flexibility index (Phi) is 8.90. The molecule has 11 aromatic rings. The molecule has 0 aliphatic carbocycles. The molecule has 0 amide bonds. The lowest BCUT2D eigenvalue weighted by Gasteiger charge is -2.26. The number of aromatic nitrogens is 3. The molecule has 0 aliphatic rings. The highest BCUT2D eigenvalue weighted by Gasteiger charge is 2.25. The highest BCUT2D eigenvalue weighted by Crippen LogP contribution is 2.44. The van der Waals surface area contributed by atoms with Crippen LogP contribution in [0.15, 0.2) is 211 Å². The van der Waals surface area contributed by atoms with E-state index in [1.165, 1.54) is 11.1 Å². The van der Waals surface area contributed by atoms with Crippen molar-refractivity contribution in [3.05, 3.63) is 218 Å². The Morgan fingerprint density at radius 2 is 1.13 bits per heavy atom. The number of aromatic hydroxyl groups is 1. The Hall–Kier alpha value is -8.02. The van der Waals surface area contributed by atoms with Crippen LogP contribution in [0.3, 0.4) is 0 Å². The largest absolute Gasteiger partial charge is 0.507 e. The van der Waals surface area contributed by atoms with E-state index in [-0.39, 0.29) is 11.2 Å². The van der Waals surface area contributed by atoms with Crippen molar-refractivity contribution in [1.82, 2.24) is 14.5 Å². The lowest BCUT2D eigenvalue weighted by Crippen LogP contribution is -2.18. The molecule has 62 heavy (non-hydrogen) atoms. The molecule has 8 aromatic carbocycles. The zero-order valence-electron chi connectivity index (χ0n) is 34.3. The van der Waals surface area contributed by atoms with Gasteiger partial charge in [0.1, 0.15) is 22.9 Å². The van der Waals surface area contributed by atoms with Crippen LogP contribution in [0, 0.1) is 0 Å². The average Bonchev–Trinajstić information content (AvgIpc) is 3.92. The van der Waals surface area contributed by atoms with E-state index in [0.717, 1.165) is 83.3 Å². The lowest BCUT2D eigenvalue weighted by molar-refractivity contribution is 0.479. The fraction of sp³-hybridized carbons (Fsp3) is 0.0526. The summed E-state index contributed by atoms with van der Waals surface area (Å²) in [4.78, 5) is 10.5. The van der Waals surface area contributed by atoms with Gasteiger partial charge in [0.15, 0.2) is 5.58 Å². The number of phenols is 1. The molecule has 0 saturated carbocycles. The first kappa shape index (κ1) is 37.0. The predicted octanol–water partition coefficient (Wildman–Crippen LogP) is 14.7. The molecule has 11 rings (SSSR count). The number of hydrogen-bond acceptors (Lipinski definition) is 4. The van der Waals surface area contributed by atoms with Gasteiger partial charge in [-0.05, 0) is 88.0 Å². The van der Waals surface area contributed by atoms with E-state index in [1.54, 1.807) is 0 Å². The second kappa shape index (κ2) is 14.9. The van der Waals surface area contributed by atoms with Gasteiger partial charge in [0.05, 0.1) is 16.6 Å². The normalized spacial score (nSPS) is 11.8. The third kappa shape index (κ3) is 6.25. The van der Waals surface area contributed by atoms with Gasteiger partial charge in [0, 0.05) is 44.8 Å². The number of para-hydroxylation sites is 4. The Balaban J connectivity index is 1.16. The summed E-state index contributed by atoms with van der Waals surface area (Å²) in [6.07, 6.45) is 1.87. The average molecular weight is 800 g/mol. The molecular weight excluding hydrogens is 759 g/mol. The van der Waals surface area contributed by atoms with Gasteiger partial charge < -0.3 is 9.52 Å². The molecule has 0 atom stereocenters. The first-order chi connectivity index (χ1) is 30.4. The van der Waals surface area contributed by atoms with E-state index >= 15 is 0 Å². The molecule has 5 heteroatoms. The van der Waals surface area contributed by atoms with Gasteiger partial charge in [-0.2, -0.15) is 0 Å². The van der Waals surface area contributed by atoms with E-state index in [1.807, 2.05) is 97.2 Å². The number of nitrogens with zero attached hydrogens (tertiary/aromatic N) is 3. The molecule has 296 valence electrons. The number of rotatable bonds is 8. The molecule has 0 unspecified atom stereocenters. The monoisotopic (exact) mass is 799 g/mol. The number of imidazole rings is 1. The maximum atomic E-state index is 12.0. The van der Waals surface area contributed by atoms with E-state index in [4.69, 9.17) is 14.4 Å².